The minimum Gasteiger partial charge on any atom is -0.467 e. The fourth-order valence-electron chi connectivity index (χ4n) is 2.60. The van der Waals surface area contributed by atoms with Gasteiger partial charge in [0.25, 0.3) is 0 Å². The molecule has 2 heterocycles. The van der Waals surface area contributed by atoms with Gasteiger partial charge in [-0.2, -0.15) is 5.10 Å². The van der Waals surface area contributed by atoms with Crippen molar-refractivity contribution >= 4 is 17.6 Å². The molecule has 0 radical (unpaired) electrons. The lowest BCUT2D eigenvalue weighted by Crippen LogP contribution is -2.38. The molecular formula is C19H21N5O3. The van der Waals surface area contributed by atoms with Crippen LogP contribution in [-0.2, 0) is 11.3 Å². The van der Waals surface area contributed by atoms with Gasteiger partial charge in [0.1, 0.15) is 5.76 Å². The average molecular weight is 367 g/mol. The topological polar surface area (TPSA) is 101 Å². The van der Waals surface area contributed by atoms with E-state index in [9.17, 15) is 9.59 Å². The number of nitrogens with zero attached hydrogens (tertiary/aromatic N) is 2. The zero-order valence-corrected chi connectivity index (χ0v) is 15.2. The fraction of sp³-hybridized carbons (Fsp3) is 0.211. The number of carbonyl (C=O) groups is 2. The third kappa shape index (κ3) is 4.97. The van der Waals surface area contributed by atoms with Gasteiger partial charge in [0.2, 0.25) is 5.91 Å². The fourth-order valence-corrected chi connectivity index (χ4v) is 2.60. The van der Waals surface area contributed by atoms with Crippen LogP contribution in [0.4, 0.5) is 10.5 Å². The van der Waals surface area contributed by atoms with Crippen LogP contribution in [-0.4, -0.2) is 28.3 Å². The van der Waals surface area contributed by atoms with Gasteiger partial charge in [-0.25, -0.2) is 9.48 Å². The molecule has 27 heavy (non-hydrogen) atoms. The average Bonchev–Trinajstić information content (AvgIpc) is 3.27. The molecule has 3 rings (SSSR count). The van der Waals surface area contributed by atoms with Crippen molar-refractivity contribution in [2.24, 2.45) is 0 Å². The SMILES string of the molecule is Cc1cc(C)n(-c2cccc(NC(=O)NCC(=O)NCc3ccco3)c2)n1. The van der Waals surface area contributed by atoms with Gasteiger partial charge in [0, 0.05) is 11.4 Å². The summed E-state index contributed by atoms with van der Waals surface area (Å²) in [7, 11) is 0. The largest absolute Gasteiger partial charge is 0.467 e. The van der Waals surface area contributed by atoms with Gasteiger partial charge < -0.3 is 20.4 Å². The van der Waals surface area contributed by atoms with Crippen LogP contribution in [0.25, 0.3) is 5.69 Å². The Morgan fingerprint density at radius 3 is 2.67 bits per heavy atom. The van der Waals surface area contributed by atoms with E-state index in [-0.39, 0.29) is 19.0 Å². The van der Waals surface area contributed by atoms with Crippen LogP contribution in [0, 0.1) is 13.8 Å². The Morgan fingerprint density at radius 1 is 1.11 bits per heavy atom. The lowest BCUT2D eigenvalue weighted by Gasteiger charge is -2.10. The van der Waals surface area contributed by atoms with E-state index in [0.29, 0.717) is 11.4 Å². The predicted octanol–water partition coefficient (Wildman–Crippen LogP) is 2.52. The Bertz CT molecular complexity index is 931. The van der Waals surface area contributed by atoms with Crippen LogP contribution in [0.15, 0.2) is 53.1 Å². The van der Waals surface area contributed by atoms with Crippen molar-refractivity contribution in [2.75, 3.05) is 11.9 Å². The molecule has 2 aromatic heterocycles. The number of aryl methyl sites for hydroxylation is 2. The zero-order valence-electron chi connectivity index (χ0n) is 15.2. The molecule has 0 saturated heterocycles. The normalized spacial score (nSPS) is 10.4. The molecule has 3 amide bonds. The molecular weight excluding hydrogens is 346 g/mol. The Kier molecular flexibility index (Phi) is 5.55. The second-order valence-electron chi connectivity index (χ2n) is 6.05. The van der Waals surface area contributed by atoms with Gasteiger partial charge in [0.05, 0.1) is 30.7 Å². The minimum atomic E-state index is -0.464. The van der Waals surface area contributed by atoms with Gasteiger partial charge in [-0.1, -0.05) is 6.07 Å². The molecule has 1 aromatic carbocycles. The Hall–Kier alpha value is -3.55. The maximum atomic E-state index is 12.0. The first-order valence-corrected chi connectivity index (χ1v) is 8.49. The number of urea groups is 1. The van der Waals surface area contributed by atoms with Crippen molar-refractivity contribution in [3.05, 3.63) is 65.9 Å². The van der Waals surface area contributed by atoms with Crippen molar-refractivity contribution in [1.29, 1.82) is 0 Å². The van der Waals surface area contributed by atoms with Crippen LogP contribution < -0.4 is 16.0 Å². The molecule has 0 atom stereocenters. The van der Waals surface area contributed by atoms with E-state index in [1.165, 1.54) is 6.26 Å². The van der Waals surface area contributed by atoms with Crippen molar-refractivity contribution in [1.82, 2.24) is 20.4 Å². The maximum absolute atomic E-state index is 12.0. The number of carbonyl (C=O) groups excluding carboxylic acids is 2. The summed E-state index contributed by atoms with van der Waals surface area (Å²) in [5.41, 5.74) is 3.37. The highest BCUT2D eigenvalue weighted by molar-refractivity contribution is 5.92. The molecule has 3 N–H and O–H groups in total. The number of anilines is 1. The molecule has 0 fully saturated rings. The lowest BCUT2D eigenvalue weighted by molar-refractivity contribution is -0.120. The van der Waals surface area contributed by atoms with Crippen molar-refractivity contribution < 1.29 is 14.0 Å². The summed E-state index contributed by atoms with van der Waals surface area (Å²) in [5, 5.41) is 12.3. The highest BCUT2D eigenvalue weighted by Crippen LogP contribution is 2.16. The summed E-state index contributed by atoms with van der Waals surface area (Å²) in [6, 6.07) is 12.3. The summed E-state index contributed by atoms with van der Waals surface area (Å²) in [5.74, 6) is 0.340. The molecule has 8 heteroatoms. The first kappa shape index (κ1) is 18.2. The number of aromatic nitrogens is 2. The van der Waals surface area contributed by atoms with E-state index < -0.39 is 6.03 Å². The van der Waals surface area contributed by atoms with Crippen molar-refractivity contribution in [2.45, 2.75) is 20.4 Å². The standard InChI is InChI=1S/C19H21N5O3/c1-13-9-14(2)24(23-13)16-6-3-5-15(10-16)22-19(26)21-12-18(25)20-11-17-7-4-8-27-17/h3-10H,11-12H2,1-2H3,(H,20,25)(H2,21,22,26). The second kappa shape index (κ2) is 8.22. The molecule has 0 unspecified atom stereocenters. The number of rotatable bonds is 6. The Labute approximate surface area is 156 Å². The van der Waals surface area contributed by atoms with Gasteiger partial charge >= 0.3 is 6.03 Å². The van der Waals surface area contributed by atoms with Crippen LogP contribution in [0.3, 0.4) is 0 Å². The van der Waals surface area contributed by atoms with Crippen molar-refractivity contribution in [3.8, 4) is 5.69 Å². The minimum absolute atomic E-state index is 0.135. The number of hydrogen-bond acceptors (Lipinski definition) is 4. The van der Waals surface area contributed by atoms with E-state index in [0.717, 1.165) is 17.1 Å². The number of amides is 3. The highest BCUT2D eigenvalue weighted by atomic mass is 16.3. The summed E-state index contributed by atoms with van der Waals surface area (Å²) in [6.45, 7) is 4.04. The number of furan rings is 1. The molecule has 0 aliphatic rings. The second-order valence-corrected chi connectivity index (χ2v) is 6.05. The van der Waals surface area contributed by atoms with Gasteiger partial charge in [-0.15, -0.1) is 0 Å². The van der Waals surface area contributed by atoms with E-state index in [1.807, 2.05) is 38.1 Å². The third-order valence-electron chi connectivity index (χ3n) is 3.81. The molecule has 3 aromatic rings. The van der Waals surface area contributed by atoms with E-state index >= 15 is 0 Å². The molecule has 8 nitrogen and oxygen atoms in total. The maximum Gasteiger partial charge on any atom is 0.319 e. The zero-order chi connectivity index (χ0) is 19.2. The summed E-state index contributed by atoms with van der Waals surface area (Å²) in [6.07, 6.45) is 1.54. The van der Waals surface area contributed by atoms with Gasteiger partial charge in [-0.3, -0.25) is 4.79 Å². The number of nitrogens with one attached hydrogen (secondary N) is 3. The summed E-state index contributed by atoms with van der Waals surface area (Å²) in [4.78, 5) is 23.8. The lowest BCUT2D eigenvalue weighted by atomic mass is 10.2. The molecule has 0 spiro atoms. The highest BCUT2D eigenvalue weighted by Gasteiger charge is 2.08. The third-order valence-corrected chi connectivity index (χ3v) is 3.81. The molecule has 0 bridgehead atoms. The predicted molar refractivity (Wildman–Crippen MR) is 101 cm³/mol. The van der Waals surface area contributed by atoms with E-state index in [4.69, 9.17) is 4.42 Å². The number of benzene rings is 1. The molecule has 140 valence electrons. The summed E-state index contributed by atoms with van der Waals surface area (Å²) < 4.78 is 6.93. The molecule has 0 saturated carbocycles. The van der Waals surface area contributed by atoms with Crippen LogP contribution in [0.2, 0.25) is 0 Å². The van der Waals surface area contributed by atoms with Crippen molar-refractivity contribution in [3.63, 3.8) is 0 Å². The van der Waals surface area contributed by atoms with Gasteiger partial charge in [0.15, 0.2) is 0 Å². The van der Waals surface area contributed by atoms with E-state index in [2.05, 4.69) is 21.0 Å². The van der Waals surface area contributed by atoms with Crippen LogP contribution in [0.5, 0.6) is 0 Å². The first-order chi connectivity index (χ1) is 13.0. The van der Waals surface area contributed by atoms with E-state index in [1.54, 1.807) is 22.9 Å². The Morgan fingerprint density at radius 2 is 1.96 bits per heavy atom. The van der Waals surface area contributed by atoms with Gasteiger partial charge in [-0.05, 0) is 50.2 Å². The molecule has 0 aliphatic carbocycles. The smallest absolute Gasteiger partial charge is 0.319 e. The monoisotopic (exact) mass is 367 g/mol. The summed E-state index contributed by atoms with van der Waals surface area (Å²) >= 11 is 0. The first-order valence-electron chi connectivity index (χ1n) is 8.49. The molecule has 0 aliphatic heterocycles. The van der Waals surface area contributed by atoms with Crippen LogP contribution in [0.1, 0.15) is 17.1 Å². The quantitative estimate of drug-likeness (QED) is 0.623. The Balaban J connectivity index is 1.51. The van der Waals surface area contributed by atoms with Crippen LogP contribution >= 0.6 is 0 Å². The number of hydrogen-bond donors (Lipinski definition) is 3.